The molecule has 4 atom stereocenters. The number of benzene rings is 1. The Morgan fingerprint density at radius 2 is 1.53 bits per heavy atom. The van der Waals surface area contributed by atoms with E-state index in [1.807, 2.05) is 18.2 Å². The van der Waals surface area contributed by atoms with Crippen molar-refractivity contribution in [1.82, 2.24) is 51.8 Å². The zero-order valence-electron chi connectivity index (χ0n) is 30.8. The van der Waals surface area contributed by atoms with Gasteiger partial charge in [-0.3, -0.25) is 38.4 Å². The van der Waals surface area contributed by atoms with Crippen molar-refractivity contribution >= 4 is 64.1 Å². The number of amides is 8. The molecule has 8 amide bonds. The predicted octanol–water partition coefficient (Wildman–Crippen LogP) is -4.22. The van der Waals surface area contributed by atoms with Crippen molar-refractivity contribution < 1.29 is 48.3 Å². The highest BCUT2D eigenvalue weighted by molar-refractivity contribution is 5.96. The number of likely N-dealkylation sites (tertiary alicyclic amines) is 1. The van der Waals surface area contributed by atoms with Gasteiger partial charge in [-0.2, -0.15) is 0 Å². The highest BCUT2D eigenvalue weighted by atomic mass is 16.4. The molecule has 1 fully saturated rings. The van der Waals surface area contributed by atoms with Crippen molar-refractivity contribution in [3.05, 3.63) is 54.2 Å². The monoisotopic (exact) mass is 794 g/mol. The zero-order chi connectivity index (χ0) is 41.5. The van der Waals surface area contributed by atoms with Crippen LogP contribution < -0.4 is 43.4 Å². The van der Waals surface area contributed by atoms with E-state index >= 15 is 0 Å². The molecule has 4 rings (SSSR count). The fourth-order valence-electron chi connectivity index (χ4n) is 6.13. The van der Waals surface area contributed by atoms with Crippen LogP contribution in [0.4, 0.5) is 0 Å². The first-order valence-corrected chi connectivity index (χ1v) is 18.0. The highest BCUT2D eigenvalue weighted by Gasteiger charge is 2.39. The minimum Gasteiger partial charge on any atom is -0.480 e. The summed E-state index contributed by atoms with van der Waals surface area (Å²) in [5.74, 6) is -7.15. The summed E-state index contributed by atoms with van der Waals surface area (Å²) in [5, 5.41) is 25.0. The fraction of sp³-hybridized carbons (Fsp3) is 0.429. The number of carbonyl (C=O) groups is 9. The maximum Gasteiger partial charge on any atom is 0.326 e. The maximum atomic E-state index is 13.8. The Kier molecular flexibility index (Phi) is 15.6. The number of imidazole rings is 1. The van der Waals surface area contributed by atoms with Crippen LogP contribution in [-0.2, 0) is 56.0 Å². The van der Waals surface area contributed by atoms with E-state index in [4.69, 9.17) is 11.5 Å². The van der Waals surface area contributed by atoms with Gasteiger partial charge in [0, 0.05) is 54.8 Å². The molecule has 0 saturated carbocycles. The van der Waals surface area contributed by atoms with Gasteiger partial charge >= 0.3 is 5.97 Å². The molecule has 0 unspecified atom stereocenters. The quantitative estimate of drug-likeness (QED) is 0.0489. The van der Waals surface area contributed by atoms with Crippen molar-refractivity contribution in [2.24, 2.45) is 11.5 Å². The minimum absolute atomic E-state index is 0.0352. The number of hydrogen-bond acceptors (Lipinski definition) is 11. The second-order valence-electron chi connectivity index (χ2n) is 13.2. The molecule has 1 saturated heterocycles. The molecule has 0 aliphatic carbocycles. The fourth-order valence-corrected chi connectivity index (χ4v) is 6.13. The van der Waals surface area contributed by atoms with Gasteiger partial charge in [0.1, 0.15) is 24.2 Å². The number of nitrogens with zero attached hydrogens (tertiary/aromatic N) is 2. The van der Waals surface area contributed by atoms with Gasteiger partial charge in [-0.05, 0) is 30.9 Å². The number of carboxylic acids is 1. The van der Waals surface area contributed by atoms with Gasteiger partial charge in [0.05, 0.1) is 32.5 Å². The van der Waals surface area contributed by atoms with Crippen LogP contribution in [-0.4, -0.2) is 135 Å². The molecule has 13 N–H and O–H groups in total. The number of nitrogens with two attached hydrogens (primary N) is 2. The molecule has 3 heterocycles. The first kappa shape index (κ1) is 42.9. The summed E-state index contributed by atoms with van der Waals surface area (Å²) < 4.78 is 0. The summed E-state index contributed by atoms with van der Waals surface area (Å²) in [6, 6.07) is 2.22. The van der Waals surface area contributed by atoms with E-state index < -0.39 is 97.0 Å². The molecule has 0 spiro atoms. The molecule has 1 aromatic carbocycles. The van der Waals surface area contributed by atoms with Crippen LogP contribution in [0.5, 0.6) is 0 Å². The van der Waals surface area contributed by atoms with Gasteiger partial charge in [0.25, 0.3) is 0 Å². The summed E-state index contributed by atoms with van der Waals surface area (Å²) in [6.07, 6.45) is 4.36. The lowest BCUT2D eigenvalue weighted by atomic mass is 10.0. The third-order valence-electron chi connectivity index (χ3n) is 9.00. The molecule has 3 aromatic rings. The Balaban J connectivity index is 1.40. The number of aromatic nitrogens is 3. The molecule has 2 aromatic heterocycles. The van der Waals surface area contributed by atoms with Crippen LogP contribution in [0.2, 0.25) is 0 Å². The number of aromatic amines is 2. The smallest absolute Gasteiger partial charge is 0.326 e. The van der Waals surface area contributed by atoms with Crippen molar-refractivity contribution in [2.45, 2.75) is 62.7 Å². The number of H-pyrrole nitrogens is 2. The molecule has 0 radical (unpaired) electrons. The van der Waals surface area contributed by atoms with E-state index in [2.05, 4.69) is 46.9 Å². The van der Waals surface area contributed by atoms with E-state index in [-0.39, 0.29) is 45.2 Å². The van der Waals surface area contributed by atoms with E-state index in [0.717, 1.165) is 10.9 Å². The maximum absolute atomic E-state index is 13.8. The zero-order valence-corrected chi connectivity index (χ0v) is 30.8. The molecule has 22 nitrogen and oxygen atoms in total. The van der Waals surface area contributed by atoms with Gasteiger partial charge in [-0.25, -0.2) is 9.78 Å². The second-order valence-corrected chi connectivity index (χ2v) is 13.2. The molecule has 306 valence electrons. The average Bonchev–Trinajstić information content (AvgIpc) is 3.98. The number of carboxylic acid groups (broad SMARTS) is 1. The van der Waals surface area contributed by atoms with Crippen molar-refractivity contribution in [3.63, 3.8) is 0 Å². The molecule has 57 heavy (non-hydrogen) atoms. The van der Waals surface area contributed by atoms with Gasteiger partial charge in [0.15, 0.2) is 0 Å². The lowest BCUT2D eigenvalue weighted by molar-refractivity contribution is -0.145. The number of hydrogen-bond donors (Lipinski definition) is 11. The Labute approximate surface area is 325 Å². The highest BCUT2D eigenvalue weighted by Crippen LogP contribution is 2.21. The van der Waals surface area contributed by atoms with E-state index in [0.29, 0.717) is 17.7 Å². The summed E-state index contributed by atoms with van der Waals surface area (Å²) in [4.78, 5) is 125. The molecular weight excluding hydrogens is 748 g/mol. The van der Waals surface area contributed by atoms with Crippen LogP contribution in [0.25, 0.3) is 10.9 Å². The number of nitrogens with one attached hydrogen (secondary N) is 8. The first-order chi connectivity index (χ1) is 27.2. The Morgan fingerprint density at radius 1 is 0.842 bits per heavy atom. The third kappa shape index (κ3) is 12.9. The number of rotatable bonds is 21. The SMILES string of the molecule is NCC(=O)NCC(=O)NCC(=O)N[C@H](Cc1c[nH]c2ccccc12)C(=O)NCC(=O)N[C@H](CCC(N)=O)C(=O)N1CCC[C@@H]1C(=O)N[C@H](Cc1cnc[nH]1)C(=O)O. The van der Waals surface area contributed by atoms with Crippen molar-refractivity contribution in [2.75, 3.05) is 32.7 Å². The average molecular weight is 795 g/mol. The summed E-state index contributed by atoms with van der Waals surface area (Å²) in [7, 11) is 0. The summed E-state index contributed by atoms with van der Waals surface area (Å²) in [6.45, 7) is -1.87. The minimum atomic E-state index is -1.35. The lowest BCUT2D eigenvalue weighted by Gasteiger charge is -2.29. The largest absolute Gasteiger partial charge is 0.480 e. The van der Waals surface area contributed by atoms with E-state index in [1.54, 1.807) is 12.3 Å². The van der Waals surface area contributed by atoms with Gasteiger partial charge in [-0.1, -0.05) is 18.2 Å². The predicted molar refractivity (Wildman–Crippen MR) is 199 cm³/mol. The Bertz CT molecular complexity index is 1950. The number of aliphatic carboxylic acids is 1. The van der Waals surface area contributed by atoms with E-state index in [9.17, 15) is 48.3 Å². The van der Waals surface area contributed by atoms with Crippen LogP contribution >= 0.6 is 0 Å². The number of carbonyl (C=O) groups excluding carboxylic acids is 8. The molecule has 1 aliphatic rings. The van der Waals surface area contributed by atoms with Crippen LogP contribution in [0.15, 0.2) is 43.0 Å². The number of primary amides is 1. The van der Waals surface area contributed by atoms with Crippen LogP contribution in [0.3, 0.4) is 0 Å². The second kappa shape index (κ2) is 20.7. The molecule has 1 aliphatic heterocycles. The van der Waals surface area contributed by atoms with Crippen molar-refractivity contribution in [1.29, 1.82) is 0 Å². The topological polar surface area (TPSA) is 346 Å². The van der Waals surface area contributed by atoms with Gasteiger partial charge in [0.2, 0.25) is 47.3 Å². The Hall–Kier alpha value is -6.84. The lowest BCUT2D eigenvalue weighted by Crippen LogP contribution is -2.57. The molecule has 22 heteroatoms. The number of fused-ring (bicyclic) bond motifs is 1. The summed E-state index contributed by atoms with van der Waals surface area (Å²) in [5.41, 5.74) is 12.4. The normalized spacial score (nSPS) is 15.1. The third-order valence-corrected chi connectivity index (χ3v) is 9.00. The van der Waals surface area contributed by atoms with Gasteiger partial charge < -0.3 is 63.3 Å². The summed E-state index contributed by atoms with van der Waals surface area (Å²) >= 11 is 0. The Morgan fingerprint density at radius 3 is 2.21 bits per heavy atom. The van der Waals surface area contributed by atoms with Crippen LogP contribution in [0, 0.1) is 0 Å². The molecule has 0 bridgehead atoms. The standard InChI is InChI=1S/C35H46N12O10/c36-12-28(49)40-15-29(50)41-16-30(51)45-24(10-19-13-39-22-5-2-1-4-21(19)22)32(53)42-17-31(52)44-23(7-8-27(37)48)34(55)47-9-3-6-26(47)33(54)46-25(35(56)57)11-20-14-38-18-43-20/h1-2,4-5,13-14,18,23-26,39H,3,6-12,15-17,36H2,(H2,37,48)(H,38,43)(H,40,49)(H,41,50)(H,42,53)(H,44,52)(H,45,51)(H,46,54)(H,56,57)/t23-,24-,25-,26-/m1/s1. The van der Waals surface area contributed by atoms with Gasteiger partial charge in [-0.15, -0.1) is 0 Å². The van der Waals surface area contributed by atoms with Crippen molar-refractivity contribution in [3.8, 4) is 0 Å². The van der Waals surface area contributed by atoms with Crippen LogP contribution in [0.1, 0.15) is 36.9 Å². The number of para-hydroxylation sites is 1. The first-order valence-electron chi connectivity index (χ1n) is 18.0. The van der Waals surface area contributed by atoms with E-state index in [1.165, 1.54) is 17.4 Å². The molecular formula is C35H46N12O10.